The molecule has 0 saturated heterocycles. The number of halogens is 3. The Hall–Kier alpha value is -1.66. The van der Waals surface area contributed by atoms with Crippen molar-refractivity contribution in [2.45, 2.75) is 28.8 Å². The van der Waals surface area contributed by atoms with Gasteiger partial charge < -0.3 is 11.1 Å². The minimum atomic E-state index is -4.35. The first-order valence-corrected chi connectivity index (χ1v) is 8.24. The molecule has 122 valence electrons. The SMILES string of the molecule is NCCCNc1cc(C(F)(F)F)cc2c1Cc1ccccc1S2. The number of alkyl halides is 3. The van der Waals surface area contributed by atoms with Gasteiger partial charge in [0.15, 0.2) is 0 Å². The largest absolute Gasteiger partial charge is 0.416 e. The Kier molecular flexibility index (Phi) is 4.55. The van der Waals surface area contributed by atoms with Crippen molar-refractivity contribution in [3.8, 4) is 0 Å². The molecule has 1 heterocycles. The molecule has 0 amide bonds. The molecular weight excluding hydrogens is 321 g/mol. The summed E-state index contributed by atoms with van der Waals surface area (Å²) in [7, 11) is 0. The Morgan fingerprint density at radius 2 is 1.91 bits per heavy atom. The molecular formula is C17H17F3N2S. The lowest BCUT2D eigenvalue weighted by Crippen LogP contribution is -2.14. The smallest absolute Gasteiger partial charge is 0.385 e. The zero-order chi connectivity index (χ0) is 16.4. The van der Waals surface area contributed by atoms with Gasteiger partial charge in [-0.25, -0.2) is 0 Å². The fourth-order valence-corrected chi connectivity index (χ4v) is 3.77. The summed E-state index contributed by atoms with van der Waals surface area (Å²) in [5, 5.41) is 3.12. The highest BCUT2D eigenvalue weighted by atomic mass is 32.2. The van der Waals surface area contributed by atoms with E-state index >= 15 is 0 Å². The number of fused-ring (bicyclic) bond motifs is 2. The van der Waals surface area contributed by atoms with Crippen LogP contribution >= 0.6 is 11.8 Å². The minimum Gasteiger partial charge on any atom is -0.385 e. The van der Waals surface area contributed by atoms with Crippen molar-refractivity contribution in [2.24, 2.45) is 5.73 Å². The van der Waals surface area contributed by atoms with Gasteiger partial charge in [-0.15, -0.1) is 0 Å². The fourth-order valence-electron chi connectivity index (χ4n) is 2.62. The van der Waals surface area contributed by atoms with Crippen LogP contribution in [-0.2, 0) is 12.6 Å². The third kappa shape index (κ3) is 3.48. The van der Waals surface area contributed by atoms with Crippen molar-refractivity contribution in [2.75, 3.05) is 18.4 Å². The standard InChI is InChI=1S/C17H17F3N2S/c18-17(19,20)12-9-14(22-7-3-6-21)13-8-11-4-1-2-5-15(11)23-16(13)10-12/h1-2,4-5,9-10,22H,3,6-8,21H2. The molecule has 0 aliphatic carbocycles. The lowest BCUT2D eigenvalue weighted by atomic mass is 10.00. The van der Waals surface area contributed by atoms with Crippen LogP contribution in [0, 0.1) is 0 Å². The number of nitrogens with one attached hydrogen (secondary N) is 1. The van der Waals surface area contributed by atoms with E-state index < -0.39 is 11.7 Å². The Balaban J connectivity index is 2.01. The molecule has 0 spiro atoms. The van der Waals surface area contributed by atoms with Gasteiger partial charge in [0.25, 0.3) is 0 Å². The summed E-state index contributed by atoms with van der Waals surface area (Å²) >= 11 is 1.40. The molecule has 0 saturated carbocycles. The summed E-state index contributed by atoms with van der Waals surface area (Å²) in [6, 6.07) is 10.3. The van der Waals surface area contributed by atoms with Crippen molar-refractivity contribution in [3.63, 3.8) is 0 Å². The second-order valence-electron chi connectivity index (χ2n) is 5.45. The molecule has 2 nitrogen and oxygen atoms in total. The molecule has 0 bridgehead atoms. The van der Waals surface area contributed by atoms with E-state index in [2.05, 4.69) is 5.32 Å². The van der Waals surface area contributed by atoms with Gasteiger partial charge in [0.2, 0.25) is 0 Å². The second-order valence-corrected chi connectivity index (χ2v) is 6.54. The number of hydrogen-bond acceptors (Lipinski definition) is 3. The maximum Gasteiger partial charge on any atom is 0.416 e. The number of anilines is 1. The number of nitrogens with two attached hydrogens (primary N) is 1. The van der Waals surface area contributed by atoms with Crippen LogP contribution in [0.25, 0.3) is 0 Å². The van der Waals surface area contributed by atoms with Gasteiger partial charge in [-0.05, 0) is 42.3 Å². The average molecular weight is 338 g/mol. The van der Waals surface area contributed by atoms with Crippen molar-refractivity contribution in [1.82, 2.24) is 0 Å². The van der Waals surface area contributed by atoms with E-state index in [4.69, 9.17) is 5.73 Å². The first-order chi connectivity index (χ1) is 11.0. The van der Waals surface area contributed by atoms with Gasteiger partial charge >= 0.3 is 6.18 Å². The molecule has 23 heavy (non-hydrogen) atoms. The van der Waals surface area contributed by atoms with E-state index in [9.17, 15) is 13.2 Å². The summed E-state index contributed by atoms with van der Waals surface area (Å²) in [5.41, 5.74) is 7.49. The molecule has 2 aromatic carbocycles. The monoisotopic (exact) mass is 338 g/mol. The van der Waals surface area contributed by atoms with Gasteiger partial charge in [0, 0.05) is 28.4 Å². The van der Waals surface area contributed by atoms with Crippen LogP contribution in [0.3, 0.4) is 0 Å². The van der Waals surface area contributed by atoms with E-state index in [1.165, 1.54) is 23.9 Å². The average Bonchev–Trinajstić information content (AvgIpc) is 2.52. The Bertz CT molecular complexity index is 713. The second kappa shape index (κ2) is 6.45. The van der Waals surface area contributed by atoms with E-state index in [1.807, 2.05) is 24.3 Å². The van der Waals surface area contributed by atoms with Gasteiger partial charge in [0.05, 0.1) is 5.56 Å². The highest BCUT2D eigenvalue weighted by Gasteiger charge is 2.33. The minimum absolute atomic E-state index is 0.506. The van der Waals surface area contributed by atoms with E-state index in [1.54, 1.807) is 0 Å². The van der Waals surface area contributed by atoms with Gasteiger partial charge in [-0.3, -0.25) is 0 Å². The predicted octanol–water partition coefficient (Wildman–Crippen LogP) is 4.52. The summed E-state index contributed by atoms with van der Waals surface area (Å²) < 4.78 is 39.5. The third-order valence-corrected chi connectivity index (χ3v) is 4.99. The molecule has 1 aliphatic rings. The fraction of sp³-hybridized carbons (Fsp3) is 0.294. The molecule has 6 heteroatoms. The van der Waals surface area contributed by atoms with Crippen LogP contribution in [0.1, 0.15) is 23.1 Å². The Morgan fingerprint density at radius 1 is 1.13 bits per heavy atom. The molecule has 2 aromatic rings. The van der Waals surface area contributed by atoms with E-state index in [0.717, 1.165) is 22.4 Å². The number of rotatable bonds is 4. The maximum atomic E-state index is 13.2. The summed E-state index contributed by atoms with van der Waals surface area (Å²) in [6.07, 6.45) is -2.99. The first kappa shape index (κ1) is 16.2. The molecule has 0 atom stereocenters. The number of hydrogen-bond donors (Lipinski definition) is 2. The first-order valence-electron chi connectivity index (χ1n) is 7.43. The lowest BCUT2D eigenvalue weighted by Gasteiger charge is -2.24. The van der Waals surface area contributed by atoms with Crippen molar-refractivity contribution in [1.29, 1.82) is 0 Å². The summed E-state index contributed by atoms with van der Waals surface area (Å²) in [5.74, 6) is 0. The molecule has 0 fully saturated rings. The van der Waals surface area contributed by atoms with Crippen LogP contribution in [0.2, 0.25) is 0 Å². The molecule has 3 N–H and O–H groups in total. The zero-order valence-corrected chi connectivity index (χ0v) is 13.2. The Labute approximate surface area is 137 Å². The zero-order valence-electron chi connectivity index (χ0n) is 12.4. The maximum absolute atomic E-state index is 13.2. The van der Waals surface area contributed by atoms with Crippen LogP contribution in [0.15, 0.2) is 46.2 Å². The molecule has 1 aliphatic heterocycles. The van der Waals surface area contributed by atoms with Crippen LogP contribution in [0.4, 0.5) is 18.9 Å². The molecule has 0 aromatic heterocycles. The van der Waals surface area contributed by atoms with Crippen molar-refractivity contribution < 1.29 is 13.2 Å². The number of benzene rings is 2. The Morgan fingerprint density at radius 3 is 2.65 bits per heavy atom. The van der Waals surface area contributed by atoms with Crippen LogP contribution < -0.4 is 11.1 Å². The molecule has 0 unspecified atom stereocenters. The normalized spacial score (nSPS) is 13.4. The van der Waals surface area contributed by atoms with E-state index in [0.29, 0.717) is 30.1 Å². The summed E-state index contributed by atoms with van der Waals surface area (Å²) in [4.78, 5) is 1.70. The van der Waals surface area contributed by atoms with Gasteiger partial charge in [-0.2, -0.15) is 13.2 Å². The van der Waals surface area contributed by atoms with Crippen LogP contribution in [-0.4, -0.2) is 13.1 Å². The third-order valence-electron chi connectivity index (χ3n) is 3.79. The highest BCUT2D eigenvalue weighted by molar-refractivity contribution is 7.99. The lowest BCUT2D eigenvalue weighted by molar-refractivity contribution is -0.137. The highest BCUT2D eigenvalue weighted by Crippen LogP contribution is 2.45. The quantitative estimate of drug-likeness (QED) is 0.687. The van der Waals surface area contributed by atoms with Gasteiger partial charge in [-0.1, -0.05) is 30.0 Å². The topological polar surface area (TPSA) is 38.0 Å². The van der Waals surface area contributed by atoms with E-state index in [-0.39, 0.29) is 0 Å². The van der Waals surface area contributed by atoms with Crippen LogP contribution in [0.5, 0.6) is 0 Å². The molecule has 0 radical (unpaired) electrons. The van der Waals surface area contributed by atoms with Gasteiger partial charge in [0.1, 0.15) is 0 Å². The molecule has 3 rings (SSSR count). The summed E-state index contributed by atoms with van der Waals surface area (Å²) in [6.45, 7) is 1.07. The van der Waals surface area contributed by atoms with Crippen molar-refractivity contribution >= 4 is 17.4 Å². The predicted molar refractivity (Wildman–Crippen MR) is 87.0 cm³/mol. The van der Waals surface area contributed by atoms with Crippen molar-refractivity contribution in [3.05, 3.63) is 53.1 Å².